The Hall–Kier alpha value is -3.95. The first-order chi connectivity index (χ1) is 18.4. The van der Waals surface area contributed by atoms with E-state index in [1.165, 1.54) is 32.0 Å². The quantitative estimate of drug-likeness (QED) is 0.249. The van der Waals surface area contributed by atoms with Crippen LogP contribution < -0.4 is 19.8 Å². The van der Waals surface area contributed by atoms with Gasteiger partial charge in [-0.3, -0.25) is 14.4 Å². The lowest BCUT2D eigenvalue weighted by atomic mass is 9.79. The van der Waals surface area contributed by atoms with Crippen LogP contribution in [0.1, 0.15) is 57.5 Å². The molecule has 0 unspecified atom stereocenters. The fraction of sp³-hybridized carbons (Fsp3) is 0.300. The summed E-state index contributed by atoms with van der Waals surface area (Å²) in [7, 11) is -0.535. The molecule has 1 aliphatic rings. The minimum absolute atomic E-state index is 0.00171. The third-order valence-electron chi connectivity index (χ3n) is 6.86. The lowest BCUT2D eigenvalue weighted by Crippen LogP contribution is -2.41. The second-order valence-electron chi connectivity index (χ2n) is 10.4. The van der Waals surface area contributed by atoms with Crippen molar-refractivity contribution >= 4 is 36.1 Å². The van der Waals surface area contributed by atoms with Crippen LogP contribution in [0.5, 0.6) is 11.5 Å². The van der Waals surface area contributed by atoms with Crippen molar-refractivity contribution in [1.29, 1.82) is 0 Å². The smallest absolute Gasteiger partial charge is 0.427 e. The number of hydrogen-bond donors (Lipinski definition) is 0. The monoisotopic (exact) mass is 529 g/mol. The molecule has 1 fully saturated rings. The van der Waals surface area contributed by atoms with Crippen molar-refractivity contribution in [1.82, 2.24) is 0 Å². The van der Waals surface area contributed by atoms with Gasteiger partial charge in [0.15, 0.2) is 0 Å². The maximum absolute atomic E-state index is 14.0. The van der Waals surface area contributed by atoms with Crippen LogP contribution in [0.2, 0.25) is 0 Å². The van der Waals surface area contributed by atoms with Gasteiger partial charge in [0.25, 0.3) is 5.91 Å². The van der Waals surface area contributed by atoms with E-state index in [0.29, 0.717) is 5.69 Å². The second kappa shape index (κ2) is 11.0. The molecule has 0 N–H and O–H groups in total. The fourth-order valence-electron chi connectivity index (χ4n) is 4.13. The predicted octanol–water partition coefficient (Wildman–Crippen LogP) is 4.68. The van der Waals surface area contributed by atoms with E-state index in [1.54, 1.807) is 4.90 Å². The fourth-order valence-corrected chi connectivity index (χ4v) is 4.13. The van der Waals surface area contributed by atoms with Crippen LogP contribution in [0.3, 0.4) is 0 Å². The number of carbonyl (C=O) groups excluding carboxylic acids is 3. The molecule has 0 radical (unpaired) electrons. The summed E-state index contributed by atoms with van der Waals surface area (Å²) in [4.78, 5) is 38.8. The molecule has 8 nitrogen and oxygen atoms in total. The third kappa shape index (κ3) is 6.38. The SMILES string of the molecule is CC(=O)Oc1ccc(C(=O)N(Cc2ccccc2)c2ccc(B3OC(C)(C)C(C)(C)O3)cc2)c(OC(C)=O)c1. The summed E-state index contributed by atoms with van der Waals surface area (Å²) in [6.45, 7) is 10.7. The Kier molecular flexibility index (Phi) is 7.95. The van der Waals surface area contributed by atoms with Crippen LogP contribution in [0.25, 0.3) is 0 Å². The van der Waals surface area contributed by atoms with Crippen LogP contribution in [-0.2, 0) is 25.4 Å². The van der Waals surface area contributed by atoms with E-state index in [-0.39, 0.29) is 23.6 Å². The molecule has 202 valence electrons. The molecular formula is C30H32BNO7. The Morgan fingerprint density at radius 3 is 1.95 bits per heavy atom. The molecular weight excluding hydrogens is 497 g/mol. The van der Waals surface area contributed by atoms with Crippen molar-refractivity contribution in [3.8, 4) is 11.5 Å². The first kappa shape index (κ1) is 28.1. The Morgan fingerprint density at radius 1 is 0.795 bits per heavy atom. The molecule has 0 atom stereocenters. The summed E-state index contributed by atoms with van der Waals surface area (Å²) in [6.07, 6.45) is 0. The van der Waals surface area contributed by atoms with Crippen molar-refractivity contribution in [2.24, 2.45) is 0 Å². The highest BCUT2D eigenvalue weighted by Crippen LogP contribution is 2.36. The standard InChI is InChI=1S/C30H32BNO7/c1-20(33)36-25-16-17-26(27(18-25)37-21(2)34)28(35)32(19-22-10-8-7-9-11-22)24-14-12-23(13-15-24)31-38-29(3,4)30(5,6)39-31/h7-18H,19H2,1-6H3. The summed E-state index contributed by atoms with van der Waals surface area (Å²) >= 11 is 0. The molecule has 0 saturated carbocycles. The molecule has 4 rings (SSSR count). The van der Waals surface area contributed by atoms with E-state index in [2.05, 4.69) is 0 Å². The summed E-state index contributed by atoms with van der Waals surface area (Å²) in [6, 6.07) is 21.3. The van der Waals surface area contributed by atoms with Gasteiger partial charge in [-0.2, -0.15) is 0 Å². The molecule has 0 aromatic heterocycles. The molecule has 9 heteroatoms. The third-order valence-corrected chi connectivity index (χ3v) is 6.86. The van der Waals surface area contributed by atoms with Gasteiger partial charge in [-0.05, 0) is 63.0 Å². The van der Waals surface area contributed by atoms with Gasteiger partial charge in [0.2, 0.25) is 0 Å². The normalized spacial score (nSPS) is 15.5. The maximum atomic E-state index is 14.0. The van der Waals surface area contributed by atoms with Crippen molar-refractivity contribution in [3.05, 3.63) is 83.9 Å². The number of rotatable bonds is 7. The molecule has 1 saturated heterocycles. The first-order valence-electron chi connectivity index (χ1n) is 12.7. The van der Waals surface area contributed by atoms with Crippen LogP contribution >= 0.6 is 0 Å². The second-order valence-corrected chi connectivity index (χ2v) is 10.4. The van der Waals surface area contributed by atoms with Crippen LogP contribution in [0.15, 0.2) is 72.8 Å². The van der Waals surface area contributed by atoms with E-state index in [0.717, 1.165) is 11.0 Å². The van der Waals surface area contributed by atoms with Gasteiger partial charge in [0.05, 0.1) is 23.3 Å². The lowest BCUT2D eigenvalue weighted by molar-refractivity contribution is -0.132. The van der Waals surface area contributed by atoms with E-state index in [4.69, 9.17) is 18.8 Å². The van der Waals surface area contributed by atoms with Gasteiger partial charge in [0.1, 0.15) is 11.5 Å². The largest absolute Gasteiger partial charge is 0.494 e. The predicted molar refractivity (Wildman–Crippen MR) is 148 cm³/mol. The van der Waals surface area contributed by atoms with Gasteiger partial charge in [-0.1, -0.05) is 42.5 Å². The van der Waals surface area contributed by atoms with Crippen molar-refractivity contribution in [2.75, 3.05) is 4.90 Å². The molecule has 3 aromatic rings. The lowest BCUT2D eigenvalue weighted by Gasteiger charge is -2.32. The Labute approximate surface area is 229 Å². The van der Waals surface area contributed by atoms with Gasteiger partial charge >= 0.3 is 19.1 Å². The minimum Gasteiger partial charge on any atom is -0.427 e. The van der Waals surface area contributed by atoms with E-state index >= 15 is 0 Å². The van der Waals surface area contributed by atoms with Crippen molar-refractivity contribution in [2.45, 2.75) is 59.3 Å². The highest BCUT2D eigenvalue weighted by Gasteiger charge is 2.51. The minimum atomic E-state index is -0.606. The van der Waals surface area contributed by atoms with Gasteiger partial charge in [-0.15, -0.1) is 0 Å². The number of carbonyl (C=O) groups is 3. The number of amides is 1. The highest BCUT2D eigenvalue weighted by molar-refractivity contribution is 6.62. The molecule has 1 amide bonds. The summed E-state index contributed by atoms with van der Waals surface area (Å²) < 4.78 is 22.8. The molecule has 1 heterocycles. The number of esters is 2. The molecule has 1 aliphatic heterocycles. The molecule has 3 aromatic carbocycles. The molecule has 0 aliphatic carbocycles. The maximum Gasteiger partial charge on any atom is 0.494 e. The molecule has 39 heavy (non-hydrogen) atoms. The summed E-state index contributed by atoms with van der Waals surface area (Å²) in [5.41, 5.74) is 1.56. The van der Waals surface area contributed by atoms with Gasteiger partial charge in [0, 0.05) is 25.6 Å². The molecule has 0 spiro atoms. The van der Waals surface area contributed by atoms with E-state index in [9.17, 15) is 14.4 Å². The summed E-state index contributed by atoms with van der Waals surface area (Å²) in [5.74, 6) is -1.37. The topological polar surface area (TPSA) is 91.4 Å². The van der Waals surface area contributed by atoms with Crippen molar-refractivity contribution in [3.63, 3.8) is 0 Å². The zero-order chi connectivity index (χ0) is 28.4. The van der Waals surface area contributed by atoms with Gasteiger partial charge < -0.3 is 23.7 Å². The Bertz CT molecular complexity index is 1350. The van der Waals surface area contributed by atoms with Crippen LogP contribution in [0.4, 0.5) is 5.69 Å². The molecule has 0 bridgehead atoms. The zero-order valence-electron chi connectivity index (χ0n) is 23.0. The van der Waals surface area contributed by atoms with E-state index in [1.807, 2.05) is 82.3 Å². The van der Waals surface area contributed by atoms with E-state index < -0.39 is 36.2 Å². The number of hydrogen-bond acceptors (Lipinski definition) is 7. The number of benzene rings is 3. The number of anilines is 1. The average molecular weight is 529 g/mol. The van der Waals surface area contributed by atoms with Crippen LogP contribution in [-0.4, -0.2) is 36.2 Å². The number of nitrogens with zero attached hydrogens (tertiary/aromatic N) is 1. The average Bonchev–Trinajstić information content (AvgIpc) is 3.09. The Morgan fingerprint density at radius 2 is 1.38 bits per heavy atom. The van der Waals surface area contributed by atoms with Crippen LogP contribution in [0, 0.1) is 0 Å². The van der Waals surface area contributed by atoms with Gasteiger partial charge in [-0.25, -0.2) is 0 Å². The zero-order valence-corrected chi connectivity index (χ0v) is 23.0. The first-order valence-corrected chi connectivity index (χ1v) is 12.7. The number of ether oxygens (including phenoxy) is 2. The summed E-state index contributed by atoms with van der Waals surface area (Å²) in [5, 5.41) is 0. The highest BCUT2D eigenvalue weighted by atomic mass is 16.7. The Balaban J connectivity index is 1.70. The van der Waals surface area contributed by atoms with Crippen molar-refractivity contribution < 1.29 is 33.2 Å².